The van der Waals surface area contributed by atoms with E-state index in [1.807, 2.05) is 0 Å². The normalized spacial score (nSPS) is 38.8. The van der Waals surface area contributed by atoms with E-state index in [1.165, 1.54) is 18.6 Å². The van der Waals surface area contributed by atoms with Crippen molar-refractivity contribution in [3.8, 4) is 0 Å². The first kappa shape index (κ1) is 15.6. The Hall–Kier alpha value is -0.905. The summed E-state index contributed by atoms with van der Waals surface area (Å²) in [5.41, 5.74) is 7.08. The van der Waals surface area contributed by atoms with E-state index >= 15 is 0 Å². The molecule has 1 aliphatic heterocycles. The minimum absolute atomic E-state index is 0.0571. The quantitative estimate of drug-likeness (QED) is 0.871. The molecule has 2 N–H and O–H groups in total. The van der Waals surface area contributed by atoms with Gasteiger partial charge in [0.05, 0.1) is 11.7 Å². The predicted molar refractivity (Wildman–Crippen MR) is 88.3 cm³/mol. The van der Waals surface area contributed by atoms with Gasteiger partial charge in [-0.2, -0.15) is 0 Å². The lowest BCUT2D eigenvalue weighted by atomic mass is 9.43. The van der Waals surface area contributed by atoms with Gasteiger partial charge in [-0.3, -0.25) is 0 Å². The molecule has 0 amide bonds. The van der Waals surface area contributed by atoms with Crippen LogP contribution in [0, 0.1) is 23.1 Å². The van der Waals surface area contributed by atoms with E-state index in [-0.39, 0.29) is 30.5 Å². The topological polar surface area (TPSA) is 44.5 Å². The molecule has 0 aromatic heterocycles. The van der Waals surface area contributed by atoms with Gasteiger partial charge < -0.3 is 15.0 Å². The Kier molecular flexibility index (Phi) is 3.42. The average Bonchev–Trinajstić information content (AvgIpc) is 2.86. The molecule has 0 unspecified atom stereocenters. The van der Waals surface area contributed by atoms with Gasteiger partial charge in [-0.15, -0.1) is 0 Å². The summed E-state index contributed by atoms with van der Waals surface area (Å²) in [7, 11) is -0.337. The van der Waals surface area contributed by atoms with Crippen LogP contribution in [0.2, 0.25) is 0 Å². The van der Waals surface area contributed by atoms with Crippen molar-refractivity contribution < 1.29 is 13.7 Å². The predicted octanol–water partition coefficient (Wildman–Crippen LogP) is 3.14. The van der Waals surface area contributed by atoms with Crippen LogP contribution in [-0.4, -0.2) is 25.4 Å². The van der Waals surface area contributed by atoms with Gasteiger partial charge in [0.2, 0.25) is 0 Å². The molecule has 1 heterocycles. The van der Waals surface area contributed by atoms with Gasteiger partial charge >= 0.3 is 7.12 Å². The molecular weight excluding hydrogens is 292 g/mol. The van der Waals surface area contributed by atoms with Gasteiger partial charge in [0.25, 0.3) is 0 Å². The molecule has 3 aliphatic carbocycles. The molecule has 5 heteroatoms. The third kappa shape index (κ3) is 2.13. The van der Waals surface area contributed by atoms with Gasteiger partial charge in [0.15, 0.2) is 0 Å². The largest absolute Gasteiger partial charge is 0.466 e. The number of halogens is 1. The molecule has 3 saturated carbocycles. The van der Waals surface area contributed by atoms with Crippen LogP contribution in [0.1, 0.15) is 45.0 Å². The van der Waals surface area contributed by atoms with Crippen molar-refractivity contribution in [3.05, 3.63) is 35.6 Å². The standard InChI is InChI=1S/C18H25BFNO2/c1-17(2)12-8-15(17)18(3)16(9-12)22-19(23-18)14(10-21)11-4-6-13(20)7-5-11/h4-7,12,14-16H,8-10,21H2,1-3H3/t12-,14-,15-,16+,18-/m0/s1. The Balaban J connectivity index is 1.58. The van der Waals surface area contributed by atoms with Crippen molar-refractivity contribution in [3.63, 3.8) is 0 Å². The average molecular weight is 317 g/mol. The van der Waals surface area contributed by atoms with E-state index in [2.05, 4.69) is 20.8 Å². The fourth-order valence-corrected chi connectivity index (χ4v) is 5.19. The number of nitrogens with two attached hydrogens (primary N) is 1. The van der Waals surface area contributed by atoms with Crippen molar-refractivity contribution in [2.45, 2.75) is 51.1 Å². The molecule has 2 bridgehead atoms. The number of benzene rings is 1. The lowest BCUT2D eigenvalue weighted by molar-refractivity contribution is -0.199. The van der Waals surface area contributed by atoms with E-state index in [4.69, 9.17) is 15.0 Å². The maximum atomic E-state index is 13.2. The second kappa shape index (κ2) is 5.04. The van der Waals surface area contributed by atoms with Gasteiger partial charge in [-0.05, 0) is 61.3 Å². The lowest BCUT2D eigenvalue weighted by Gasteiger charge is -2.64. The Morgan fingerprint density at radius 1 is 1.26 bits per heavy atom. The number of rotatable bonds is 3. The van der Waals surface area contributed by atoms with Crippen LogP contribution in [0.5, 0.6) is 0 Å². The highest BCUT2D eigenvalue weighted by molar-refractivity contribution is 6.47. The van der Waals surface area contributed by atoms with E-state index in [0.29, 0.717) is 17.9 Å². The van der Waals surface area contributed by atoms with E-state index in [0.717, 1.165) is 17.9 Å². The third-order valence-corrected chi connectivity index (χ3v) is 6.85. The summed E-state index contributed by atoms with van der Waals surface area (Å²) >= 11 is 0. The molecule has 4 fully saturated rings. The van der Waals surface area contributed by atoms with Crippen LogP contribution in [0.25, 0.3) is 0 Å². The second-order valence-corrected chi connectivity index (χ2v) is 8.23. The molecule has 1 saturated heterocycles. The molecule has 3 nitrogen and oxygen atoms in total. The van der Waals surface area contributed by atoms with Gasteiger partial charge in [-0.1, -0.05) is 26.0 Å². The Labute approximate surface area is 137 Å². The number of hydrogen-bond acceptors (Lipinski definition) is 3. The van der Waals surface area contributed by atoms with E-state index in [1.54, 1.807) is 12.1 Å². The molecule has 5 rings (SSSR count). The molecular formula is C18H25BFNO2. The molecule has 4 aliphatic rings. The molecule has 23 heavy (non-hydrogen) atoms. The smallest absolute Gasteiger partial charge is 0.405 e. The van der Waals surface area contributed by atoms with E-state index in [9.17, 15) is 4.39 Å². The highest BCUT2D eigenvalue weighted by Gasteiger charge is 2.68. The van der Waals surface area contributed by atoms with Crippen LogP contribution in [0.4, 0.5) is 4.39 Å². The summed E-state index contributed by atoms with van der Waals surface area (Å²) in [6.45, 7) is 7.34. The third-order valence-electron chi connectivity index (χ3n) is 6.85. The van der Waals surface area contributed by atoms with Crippen molar-refractivity contribution in [1.82, 2.24) is 0 Å². The van der Waals surface area contributed by atoms with E-state index < -0.39 is 0 Å². The summed E-state index contributed by atoms with van der Waals surface area (Å²) in [5.74, 6) is 0.977. The maximum Gasteiger partial charge on any atom is 0.466 e. The maximum absolute atomic E-state index is 13.2. The zero-order chi connectivity index (χ0) is 16.4. The number of hydrogen-bond donors (Lipinski definition) is 1. The minimum atomic E-state index is -0.337. The first-order chi connectivity index (χ1) is 10.9. The zero-order valence-electron chi connectivity index (χ0n) is 14.1. The summed E-state index contributed by atoms with van der Waals surface area (Å²) < 4.78 is 26.0. The Morgan fingerprint density at radius 3 is 2.57 bits per heavy atom. The van der Waals surface area contributed by atoms with Gasteiger partial charge in [0, 0.05) is 5.82 Å². The highest BCUT2D eigenvalue weighted by atomic mass is 19.1. The van der Waals surface area contributed by atoms with Crippen LogP contribution >= 0.6 is 0 Å². The molecule has 1 aromatic rings. The van der Waals surface area contributed by atoms with Crippen molar-refractivity contribution >= 4 is 7.12 Å². The summed E-state index contributed by atoms with van der Waals surface area (Å²) in [5, 5.41) is 0. The monoisotopic (exact) mass is 317 g/mol. The van der Waals surface area contributed by atoms with Gasteiger partial charge in [-0.25, -0.2) is 4.39 Å². The molecule has 0 radical (unpaired) electrons. The summed E-state index contributed by atoms with van der Waals surface area (Å²) in [4.78, 5) is 0. The fraction of sp³-hybridized carbons (Fsp3) is 0.667. The Morgan fingerprint density at radius 2 is 1.96 bits per heavy atom. The summed E-state index contributed by atoms with van der Waals surface area (Å²) in [6, 6.07) is 6.52. The molecule has 124 valence electrons. The highest BCUT2D eigenvalue weighted by Crippen LogP contribution is 2.66. The first-order valence-corrected chi connectivity index (χ1v) is 8.65. The molecule has 1 aromatic carbocycles. The van der Waals surface area contributed by atoms with Crippen LogP contribution in [-0.2, 0) is 9.31 Å². The van der Waals surface area contributed by atoms with Crippen molar-refractivity contribution in [2.24, 2.45) is 23.0 Å². The molecule has 5 atom stereocenters. The Bertz CT molecular complexity index is 608. The summed E-state index contributed by atoms with van der Waals surface area (Å²) in [6.07, 6.45) is 2.45. The van der Waals surface area contributed by atoms with Crippen LogP contribution < -0.4 is 5.73 Å². The fourth-order valence-electron chi connectivity index (χ4n) is 5.19. The van der Waals surface area contributed by atoms with Crippen molar-refractivity contribution in [2.75, 3.05) is 6.54 Å². The minimum Gasteiger partial charge on any atom is -0.405 e. The lowest BCUT2D eigenvalue weighted by Crippen LogP contribution is -2.65. The van der Waals surface area contributed by atoms with Crippen molar-refractivity contribution in [1.29, 1.82) is 0 Å². The van der Waals surface area contributed by atoms with Crippen LogP contribution in [0.3, 0.4) is 0 Å². The SMILES string of the molecule is CC1(C)[C@@H]2C[C@H]3OB([C@@H](CN)c4ccc(F)cc4)O[C@@]3(C)[C@H]1C2. The first-order valence-electron chi connectivity index (χ1n) is 8.65. The zero-order valence-corrected chi connectivity index (χ0v) is 14.1. The molecule has 0 spiro atoms. The van der Waals surface area contributed by atoms with Gasteiger partial charge in [0.1, 0.15) is 5.82 Å². The van der Waals surface area contributed by atoms with Crippen LogP contribution in [0.15, 0.2) is 24.3 Å². The second-order valence-electron chi connectivity index (χ2n) is 8.23.